The van der Waals surface area contributed by atoms with Crippen molar-refractivity contribution in [2.24, 2.45) is 4.99 Å². The van der Waals surface area contributed by atoms with Crippen LogP contribution in [0.2, 0.25) is 0 Å². The molecule has 0 saturated heterocycles. The lowest BCUT2D eigenvalue weighted by Gasteiger charge is -1.88. The maximum Gasteiger partial charge on any atom is 0.344 e. The molecule has 0 spiro atoms. The molecule has 0 unspecified atom stereocenters. The van der Waals surface area contributed by atoms with Gasteiger partial charge in [0.15, 0.2) is 0 Å². The summed E-state index contributed by atoms with van der Waals surface area (Å²) in [6, 6.07) is 8.23. The van der Waals surface area contributed by atoms with E-state index in [1.807, 2.05) is 0 Å². The highest BCUT2D eigenvalue weighted by molar-refractivity contribution is 5.86. The zero-order valence-corrected chi connectivity index (χ0v) is 9.90. The summed E-state index contributed by atoms with van der Waals surface area (Å²) in [6.45, 7) is 3.64. The first-order chi connectivity index (χ1) is 8.67. The number of aliphatic imine (C=N–C) groups is 1. The number of rotatable bonds is 3. The molecule has 3 nitrogen and oxygen atoms in total. The van der Waals surface area contributed by atoms with E-state index >= 15 is 0 Å². The SMILES string of the molecule is C=C/C(C#Cc1c#cc(C(=O)O)cc1)=C\C=NC. The van der Waals surface area contributed by atoms with Crippen molar-refractivity contribution in [2.45, 2.75) is 0 Å². The molecule has 0 atom stereocenters. The maximum absolute atomic E-state index is 10.6. The van der Waals surface area contributed by atoms with Crippen molar-refractivity contribution in [1.82, 2.24) is 0 Å². The van der Waals surface area contributed by atoms with E-state index in [2.05, 4.69) is 35.5 Å². The largest absolute Gasteiger partial charge is 0.477 e. The summed E-state index contributed by atoms with van der Waals surface area (Å²) < 4.78 is 0. The first-order valence-corrected chi connectivity index (χ1v) is 5.11. The van der Waals surface area contributed by atoms with Crippen LogP contribution in [0.5, 0.6) is 0 Å². The molecule has 0 saturated carbocycles. The summed E-state index contributed by atoms with van der Waals surface area (Å²) in [5, 5.41) is 8.70. The summed E-state index contributed by atoms with van der Waals surface area (Å²) in [5.41, 5.74) is 1.36. The van der Waals surface area contributed by atoms with E-state index in [0.29, 0.717) is 5.56 Å². The number of carbonyl (C=O) groups is 1. The lowest BCUT2D eigenvalue weighted by atomic mass is 10.2. The van der Waals surface area contributed by atoms with Gasteiger partial charge in [-0.1, -0.05) is 36.6 Å². The minimum Gasteiger partial charge on any atom is -0.477 e. The van der Waals surface area contributed by atoms with E-state index in [0.717, 1.165) is 5.57 Å². The summed E-state index contributed by atoms with van der Waals surface area (Å²) in [6.07, 6.45) is 4.97. The third kappa shape index (κ3) is 4.00. The van der Waals surface area contributed by atoms with Crippen molar-refractivity contribution in [3.8, 4) is 11.8 Å². The summed E-state index contributed by atoms with van der Waals surface area (Å²) >= 11 is 0. The highest BCUT2D eigenvalue weighted by Crippen LogP contribution is 1.98. The van der Waals surface area contributed by atoms with Crippen LogP contribution < -0.4 is 0 Å². The van der Waals surface area contributed by atoms with Gasteiger partial charge in [0.2, 0.25) is 0 Å². The molecule has 0 aromatic heterocycles. The van der Waals surface area contributed by atoms with E-state index in [1.54, 1.807) is 31.5 Å². The first-order valence-electron chi connectivity index (χ1n) is 5.11. The molecular formula is C15H11NO2. The number of allylic oxidation sites excluding steroid dienone is 3. The Morgan fingerprint density at radius 3 is 2.78 bits per heavy atom. The molecule has 88 valence electrons. The van der Waals surface area contributed by atoms with Gasteiger partial charge in [-0.3, -0.25) is 4.99 Å². The standard InChI is InChI=1S/C15H11NO2/c1-3-12(10-11-16-2)4-5-13-6-8-14(9-7-13)15(17)18/h3,6,8,10-11H,1H2,2H3,(H,17,18)/b12-10+,16-11?. The predicted octanol–water partition coefficient (Wildman–Crippen LogP) is 2.15. The van der Waals surface area contributed by atoms with Crippen molar-refractivity contribution in [3.05, 3.63) is 59.7 Å². The highest BCUT2D eigenvalue weighted by atomic mass is 16.4. The van der Waals surface area contributed by atoms with Gasteiger partial charge in [0.1, 0.15) is 5.56 Å². The van der Waals surface area contributed by atoms with Gasteiger partial charge in [0.05, 0.1) is 5.56 Å². The number of aromatic carboxylic acids is 1. The Kier molecular flexibility index (Phi) is 4.97. The molecule has 18 heavy (non-hydrogen) atoms. The van der Waals surface area contributed by atoms with Crippen molar-refractivity contribution in [1.29, 1.82) is 0 Å². The van der Waals surface area contributed by atoms with Crippen molar-refractivity contribution in [3.63, 3.8) is 0 Å². The quantitative estimate of drug-likeness (QED) is 0.497. The average molecular weight is 237 g/mol. The monoisotopic (exact) mass is 237 g/mol. The second-order valence-electron chi connectivity index (χ2n) is 3.20. The van der Waals surface area contributed by atoms with E-state index in [4.69, 9.17) is 5.11 Å². The second-order valence-corrected chi connectivity index (χ2v) is 3.20. The van der Waals surface area contributed by atoms with Gasteiger partial charge in [0, 0.05) is 18.8 Å². The normalized spacial score (nSPS) is 10.4. The summed E-state index contributed by atoms with van der Waals surface area (Å²) in [5.74, 6) is 4.68. The number of carboxylic acids is 1. The molecule has 0 aliphatic heterocycles. The van der Waals surface area contributed by atoms with Crippen LogP contribution in [-0.2, 0) is 0 Å². The fraction of sp³-hybridized carbons (Fsp3) is 0.0667. The number of nitrogens with zero attached hydrogens (tertiary/aromatic N) is 1. The third-order valence-corrected chi connectivity index (χ3v) is 1.94. The van der Waals surface area contributed by atoms with Crippen molar-refractivity contribution in [2.75, 3.05) is 7.05 Å². The first kappa shape index (κ1) is 13.3. The van der Waals surface area contributed by atoms with Crippen LogP contribution >= 0.6 is 0 Å². The lowest BCUT2D eigenvalue weighted by molar-refractivity contribution is 0.0697. The van der Waals surface area contributed by atoms with Gasteiger partial charge in [-0.15, -0.1) is 0 Å². The zero-order chi connectivity index (χ0) is 13.4. The molecule has 0 heterocycles. The van der Waals surface area contributed by atoms with Gasteiger partial charge in [-0.05, 0) is 18.2 Å². The zero-order valence-electron chi connectivity index (χ0n) is 9.90. The molecule has 1 aromatic carbocycles. The van der Waals surface area contributed by atoms with Crippen LogP contribution in [0.3, 0.4) is 0 Å². The minimum atomic E-state index is -1.03. The Hall–Kier alpha value is -2.78. The average Bonchev–Trinajstić information content (AvgIpc) is 2.39. The predicted molar refractivity (Wildman–Crippen MR) is 70.6 cm³/mol. The van der Waals surface area contributed by atoms with Crippen LogP contribution in [0.25, 0.3) is 0 Å². The molecule has 0 aliphatic rings. The van der Waals surface area contributed by atoms with Crippen molar-refractivity contribution < 1.29 is 9.90 Å². The summed E-state index contributed by atoms with van der Waals surface area (Å²) in [7, 11) is 1.66. The number of hydrogen-bond donors (Lipinski definition) is 1. The summed E-state index contributed by atoms with van der Waals surface area (Å²) in [4.78, 5) is 14.4. The van der Waals surface area contributed by atoms with E-state index in [1.165, 1.54) is 6.07 Å². The third-order valence-electron chi connectivity index (χ3n) is 1.94. The van der Waals surface area contributed by atoms with E-state index in [9.17, 15) is 4.79 Å². The molecule has 1 rings (SSSR count). The Morgan fingerprint density at radius 1 is 1.50 bits per heavy atom. The Balaban J connectivity index is 2.91. The maximum atomic E-state index is 10.6. The van der Waals surface area contributed by atoms with Gasteiger partial charge in [0.25, 0.3) is 0 Å². The van der Waals surface area contributed by atoms with Gasteiger partial charge in [-0.2, -0.15) is 0 Å². The second kappa shape index (κ2) is 6.73. The van der Waals surface area contributed by atoms with E-state index in [-0.39, 0.29) is 5.56 Å². The van der Waals surface area contributed by atoms with Crippen LogP contribution in [0.1, 0.15) is 15.9 Å². The minimum absolute atomic E-state index is 0.0677. The van der Waals surface area contributed by atoms with Crippen molar-refractivity contribution >= 4 is 12.2 Å². The molecule has 0 amide bonds. The Morgan fingerprint density at radius 2 is 2.28 bits per heavy atom. The molecule has 0 fully saturated rings. The van der Waals surface area contributed by atoms with Gasteiger partial charge in [-0.25, -0.2) is 4.79 Å². The van der Waals surface area contributed by atoms with Crippen LogP contribution in [0.15, 0.2) is 41.4 Å². The molecule has 1 aromatic rings. The molecule has 3 heteroatoms. The molecule has 0 bridgehead atoms. The highest BCUT2D eigenvalue weighted by Gasteiger charge is 1.99. The van der Waals surface area contributed by atoms with Crippen LogP contribution in [0.4, 0.5) is 0 Å². The lowest BCUT2D eigenvalue weighted by Crippen LogP contribution is -1.93. The molecule has 0 radical (unpaired) electrons. The van der Waals surface area contributed by atoms with Gasteiger partial charge < -0.3 is 5.11 Å². The number of carboxylic acid groups (broad SMARTS) is 1. The van der Waals surface area contributed by atoms with E-state index < -0.39 is 5.97 Å². The van der Waals surface area contributed by atoms with Crippen LogP contribution in [-0.4, -0.2) is 24.3 Å². The number of hydrogen-bond acceptors (Lipinski definition) is 2. The Labute approximate surface area is 106 Å². The smallest absolute Gasteiger partial charge is 0.344 e. The molecular weight excluding hydrogens is 226 g/mol. The molecule has 1 N–H and O–H groups in total. The molecule has 0 aliphatic carbocycles. The van der Waals surface area contributed by atoms with Gasteiger partial charge >= 0.3 is 5.97 Å². The fourth-order valence-electron chi connectivity index (χ4n) is 1.04. The topological polar surface area (TPSA) is 49.7 Å². The fourth-order valence-corrected chi connectivity index (χ4v) is 1.04. The Bertz CT molecular complexity index is 554. The van der Waals surface area contributed by atoms with Crippen LogP contribution in [0, 0.1) is 24.0 Å².